The van der Waals surface area contributed by atoms with E-state index in [0.29, 0.717) is 6.54 Å². The quantitative estimate of drug-likeness (QED) is 0.201. The van der Waals surface area contributed by atoms with Gasteiger partial charge in [-0.25, -0.2) is 0 Å². The fourth-order valence-corrected chi connectivity index (χ4v) is 2.99. The molecule has 0 rings (SSSR count). The van der Waals surface area contributed by atoms with E-state index >= 15 is 0 Å². The molecule has 4 nitrogen and oxygen atoms in total. The van der Waals surface area contributed by atoms with Gasteiger partial charge in [-0.15, -0.1) is 0 Å². The first kappa shape index (κ1) is 22.8. The first-order valence-electron chi connectivity index (χ1n) is 9.92. The van der Waals surface area contributed by atoms with Gasteiger partial charge >= 0.3 is 0 Å². The average Bonchev–Trinajstić information content (AvgIpc) is 2.59. The molecule has 0 aliphatic carbocycles. The third-order valence-electron chi connectivity index (χ3n) is 4.89. The molecule has 0 saturated carbocycles. The molecule has 4 heteroatoms. The number of hydrogen-bond acceptors (Lipinski definition) is 3. The summed E-state index contributed by atoms with van der Waals surface area (Å²) in [6, 6.07) is 0. The van der Waals surface area contributed by atoms with Gasteiger partial charge in [0.25, 0.3) is 0 Å². The summed E-state index contributed by atoms with van der Waals surface area (Å²) in [5.74, 6) is 0. The highest BCUT2D eigenvalue weighted by Crippen LogP contribution is 2.14. The van der Waals surface area contributed by atoms with Crippen molar-refractivity contribution in [1.82, 2.24) is 0 Å². The Morgan fingerprint density at radius 3 is 1.09 bits per heavy atom. The summed E-state index contributed by atoms with van der Waals surface area (Å²) in [6.45, 7) is 2.35. The van der Waals surface area contributed by atoms with Crippen LogP contribution in [0.5, 0.6) is 0 Å². The van der Waals surface area contributed by atoms with Crippen molar-refractivity contribution in [3.05, 3.63) is 0 Å². The highest BCUT2D eigenvalue weighted by molar-refractivity contribution is 4.49. The minimum Gasteiger partial charge on any atom is -0.347 e. The third-order valence-corrected chi connectivity index (χ3v) is 4.89. The van der Waals surface area contributed by atoms with E-state index in [2.05, 4.69) is 6.92 Å². The number of aliphatic hydroxyl groups excluding tert-OH is 3. The van der Waals surface area contributed by atoms with Crippen LogP contribution in [0, 0.1) is 0 Å². The van der Waals surface area contributed by atoms with Crippen LogP contribution in [0.3, 0.4) is 0 Å². The summed E-state index contributed by atoms with van der Waals surface area (Å²) in [4.78, 5) is 0. The zero-order valence-corrected chi connectivity index (χ0v) is 15.5. The van der Waals surface area contributed by atoms with E-state index in [1.165, 1.54) is 77.0 Å². The molecule has 0 aromatic carbocycles. The Balaban J connectivity index is 3.25. The molecule has 0 unspecified atom stereocenters. The molecule has 0 radical (unpaired) electrons. The van der Waals surface area contributed by atoms with E-state index < -0.39 is 0 Å². The first-order chi connectivity index (χ1) is 11.2. The van der Waals surface area contributed by atoms with E-state index in [1.54, 1.807) is 0 Å². The van der Waals surface area contributed by atoms with Gasteiger partial charge in [0.1, 0.15) is 0 Å². The highest BCUT2D eigenvalue weighted by atomic mass is 16.3. The van der Waals surface area contributed by atoms with Crippen molar-refractivity contribution < 1.29 is 19.8 Å². The molecule has 140 valence electrons. The number of unbranched alkanes of at least 4 members (excludes halogenated alkanes) is 13. The molecular weight excluding hydrogens is 290 g/mol. The lowest BCUT2D eigenvalue weighted by Crippen LogP contribution is -2.50. The molecule has 0 spiro atoms. The van der Waals surface area contributed by atoms with Gasteiger partial charge in [-0.2, -0.15) is 0 Å². The molecule has 0 saturated heterocycles. The molecule has 0 fully saturated rings. The predicted octanol–water partition coefficient (Wildman–Crippen LogP) is 4.13. The maximum Gasteiger partial charge on any atom is 0.183 e. The molecule has 0 heterocycles. The van der Waals surface area contributed by atoms with Crippen LogP contribution < -0.4 is 0 Å². The fourth-order valence-electron chi connectivity index (χ4n) is 2.99. The smallest absolute Gasteiger partial charge is 0.183 e. The largest absolute Gasteiger partial charge is 0.347 e. The van der Waals surface area contributed by atoms with Gasteiger partial charge in [-0.1, -0.05) is 84.0 Å². The fraction of sp³-hybridized carbons (Fsp3) is 1.00. The molecule has 0 aromatic rings. The second kappa shape index (κ2) is 16.7. The molecule has 0 amide bonds. The van der Waals surface area contributed by atoms with Gasteiger partial charge in [0.05, 0.1) is 6.54 Å². The van der Waals surface area contributed by atoms with Crippen molar-refractivity contribution in [3.63, 3.8) is 0 Å². The first-order valence-corrected chi connectivity index (χ1v) is 9.92. The summed E-state index contributed by atoms with van der Waals surface area (Å²) in [5, 5.41) is 27.7. The molecule has 0 aliphatic rings. The Morgan fingerprint density at radius 1 is 0.478 bits per heavy atom. The van der Waals surface area contributed by atoms with Crippen molar-refractivity contribution >= 4 is 0 Å². The van der Waals surface area contributed by atoms with E-state index in [9.17, 15) is 15.3 Å². The summed E-state index contributed by atoms with van der Waals surface area (Å²) in [6.07, 6.45) is 18.5. The van der Waals surface area contributed by atoms with Gasteiger partial charge in [0.15, 0.2) is 20.2 Å². The van der Waals surface area contributed by atoms with Gasteiger partial charge in [-0.05, 0) is 12.8 Å². The molecule has 0 atom stereocenters. The van der Waals surface area contributed by atoms with Crippen LogP contribution >= 0.6 is 0 Å². The van der Waals surface area contributed by atoms with Gasteiger partial charge < -0.3 is 15.3 Å². The van der Waals surface area contributed by atoms with Crippen LogP contribution in [-0.4, -0.2) is 46.5 Å². The molecule has 0 aromatic heterocycles. The Hall–Kier alpha value is -0.160. The van der Waals surface area contributed by atoms with Crippen molar-refractivity contribution in [2.24, 2.45) is 0 Å². The van der Waals surface area contributed by atoms with Crippen LogP contribution in [0.4, 0.5) is 0 Å². The minimum absolute atomic E-state index is 0.00173. The lowest BCUT2D eigenvalue weighted by Gasteiger charge is -2.31. The van der Waals surface area contributed by atoms with Gasteiger partial charge in [0.2, 0.25) is 0 Å². The van der Waals surface area contributed by atoms with Crippen molar-refractivity contribution in [3.8, 4) is 0 Å². The van der Waals surface area contributed by atoms with E-state index in [1.807, 2.05) is 0 Å². The zero-order chi connectivity index (χ0) is 17.2. The SMILES string of the molecule is CCCCCCCCCCCCCCCC[N+](CO)(CO)CO. The lowest BCUT2D eigenvalue weighted by molar-refractivity contribution is -0.976. The lowest BCUT2D eigenvalue weighted by atomic mass is 10.0. The minimum atomic E-state index is -0.189. The number of nitrogens with zero attached hydrogens (tertiary/aromatic N) is 1. The maximum atomic E-state index is 9.23. The second-order valence-corrected chi connectivity index (χ2v) is 7.09. The Bertz CT molecular complexity index is 224. The predicted molar refractivity (Wildman–Crippen MR) is 96.7 cm³/mol. The zero-order valence-electron chi connectivity index (χ0n) is 15.5. The summed E-state index contributed by atoms with van der Waals surface area (Å²) < 4.78 is -0.00173. The van der Waals surface area contributed by atoms with E-state index in [0.717, 1.165) is 12.8 Å². The van der Waals surface area contributed by atoms with E-state index in [-0.39, 0.29) is 24.7 Å². The molecular formula is C19H42NO3+. The third kappa shape index (κ3) is 12.9. The van der Waals surface area contributed by atoms with Crippen molar-refractivity contribution in [2.75, 3.05) is 26.7 Å². The van der Waals surface area contributed by atoms with Crippen molar-refractivity contribution in [1.29, 1.82) is 0 Å². The van der Waals surface area contributed by atoms with Crippen LogP contribution in [-0.2, 0) is 0 Å². The van der Waals surface area contributed by atoms with Crippen LogP contribution in [0.15, 0.2) is 0 Å². The number of aliphatic hydroxyl groups is 3. The molecule has 23 heavy (non-hydrogen) atoms. The standard InChI is InChI=1S/C19H42NO3/c1-2-3-4-5-6-7-8-9-10-11-12-13-14-15-16-20(17-21,18-22)19-23/h21-23H,2-19H2,1H3/q+1. The summed E-state index contributed by atoms with van der Waals surface area (Å²) in [7, 11) is 0. The second-order valence-electron chi connectivity index (χ2n) is 7.09. The maximum absolute atomic E-state index is 9.23. The molecule has 0 bridgehead atoms. The van der Waals surface area contributed by atoms with Crippen LogP contribution in [0.2, 0.25) is 0 Å². The average molecular weight is 333 g/mol. The Morgan fingerprint density at radius 2 is 0.783 bits per heavy atom. The van der Waals surface area contributed by atoms with Crippen LogP contribution in [0.25, 0.3) is 0 Å². The molecule has 3 N–H and O–H groups in total. The normalized spacial score (nSPS) is 12.0. The Kier molecular flexibility index (Phi) is 16.6. The summed E-state index contributed by atoms with van der Waals surface area (Å²) >= 11 is 0. The summed E-state index contributed by atoms with van der Waals surface area (Å²) in [5.41, 5.74) is 0. The van der Waals surface area contributed by atoms with Gasteiger partial charge in [0, 0.05) is 0 Å². The van der Waals surface area contributed by atoms with Crippen molar-refractivity contribution in [2.45, 2.75) is 96.8 Å². The highest BCUT2D eigenvalue weighted by Gasteiger charge is 2.23. The topological polar surface area (TPSA) is 60.7 Å². The number of quaternary nitrogens is 1. The van der Waals surface area contributed by atoms with E-state index in [4.69, 9.17) is 0 Å². The molecule has 0 aliphatic heterocycles. The van der Waals surface area contributed by atoms with Gasteiger partial charge in [-0.3, -0.25) is 4.48 Å². The monoisotopic (exact) mass is 332 g/mol. The van der Waals surface area contributed by atoms with Crippen LogP contribution in [0.1, 0.15) is 96.8 Å². The Labute approximate surface area is 144 Å². The number of rotatable bonds is 18. The number of hydrogen-bond donors (Lipinski definition) is 3.